The zero-order valence-electron chi connectivity index (χ0n) is 13.3. The van der Waals surface area contributed by atoms with Gasteiger partial charge in [0.25, 0.3) is 0 Å². The second-order valence-corrected chi connectivity index (χ2v) is 5.36. The molecule has 8 heteroatoms. The number of nitrogens with zero attached hydrogens (tertiary/aromatic N) is 3. The molecule has 2 N–H and O–H groups in total. The average molecular weight is 338 g/mol. The second kappa shape index (κ2) is 8.38. The number of guanidine groups is 1. The number of aryl methyl sites for hydroxylation is 1. The van der Waals surface area contributed by atoms with Crippen LogP contribution in [0.4, 0.5) is 0 Å². The lowest BCUT2D eigenvalue weighted by atomic mass is 10.3. The van der Waals surface area contributed by atoms with Crippen LogP contribution < -0.4 is 15.4 Å². The van der Waals surface area contributed by atoms with Crippen molar-refractivity contribution < 1.29 is 9.26 Å². The molecule has 2 rings (SSSR count). The molecular weight excluding hydrogens is 318 g/mol. The van der Waals surface area contributed by atoms with Crippen LogP contribution >= 0.6 is 11.6 Å². The summed E-state index contributed by atoms with van der Waals surface area (Å²) in [4.78, 5) is 8.25. The highest BCUT2D eigenvalue weighted by molar-refractivity contribution is 6.30. The van der Waals surface area contributed by atoms with Crippen molar-refractivity contribution in [3.05, 3.63) is 41.0 Å². The van der Waals surface area contributed by atoms with Crippen molar-refractivity contribution in [2.75, 3.05) is 13.6 Å². The summed E-state index contributed by atoms with van der Waals surface area (Å²) in [6, 6.07) is 7.27. The molecule has 0 aliphatic carbocycles. The number of rotatable bonds is 6. The highest BCUT2D eigenvalue weighted by Crippen LogP contribution is 2.16. The molecule has 1 aromatic heterocycles. The van der Waals surface area contributed by atoms with Crippen molar-refractivity contribution in [2.45, 2.75) is 26.5 Å². The summed E-state index contributed by atoms with van der Waals surface area (Å²) in [7, 11) is 1.69. The van der Waals surface area contributed by atoms with Gasteiger partial charge in [0.2, 0.25) is 5.89 Å². The number of halogens is 1. The van der Waals surface area contributed by atoms with Crippen LogP contribution in [0, 0.1) is 6.92 Å². The van der Waals surface area contributed by atoms with E-state index < -0.39 is 0 Å². The van der Waals surface area contributed by atoms with Crippen molar-refractivity contribution in [3.63, 3.8) is 0 Å². The SMILES string of the molecule is CN=C(NCc1nc(C)no1)NCC(C)Oc1ccc(Cl)cc1. The van der Waals surface area contributed by atoms with Crippen LogP contribution in [0.15, 0.2) is 33.8 Å². The summed E-state index contributed by atoms with van der Waals surface area (Å²) in [6.07, 6.45) is -0.0413. The summed E-state index contributed by atoms with van der Waals surface area (Å²) in [6.45, 7) is 4.74. The molecule has 0 spiro atoms. The van der Waals surface area contributed by atoms with E-state index in [1.54, 1.807) is 26.1 Å². The molecule has 0 aliphatic rings. The van der Waals surface area contributed by atoms with E-state index in [0.717, 1.165) is 5.75 Å². The first kappa shape index (κ1) is 17.1. The van der Waals surface area contributed by atoms with E-state index in [2.05, 4.69) is 25.8 Å². The zero-order chi connectivity index (χ0) is 16.7. The molecule has 7 nitrogen and oxygen atoms in total. The number of hydrogen-bond acceptors (Lipinski definition) is 5. The molecule has 0 saturated carbocycles. The minimum absolute atomic E-state index is 0.0413. The summed E-state index contributed by atoms with van der Waals surface area (Å²) >= 11 is 5.85. The van der Waals surface area contributed by atoms with Gasteiger partial charge in [-0.25, -0.2) is 0 Å². The molecule has 0 saturated heterocycles. The number of benzene rings is 1. The van der Waals surface area contributed by atoms with Gasteiger partial charge in [-0.3, -0.25) is 4.99 Å². The molecule has 1 heterocycles. The van der Waals surface area contributed by atoms with Gasteiger partial charge in [0.05, 0.1) is 13.1 Å². The molecule has 1 unspecified atom stereocenters. The Hall–Kier alpha value is -2.28. The number of aromatic nitrogens is 2. The Morgan fingerprint density at radius 1 is 1.35 bits per heavy atom. The predicted molar refractivity (Wildman–Crippen MR) is 88.8 cm³/mol. The third kappa shape index (κ3) is 5.78. The fourth-order valence-electron chi connectivity index (χ4n) is 1.82. The van der Waals surface area contributed by atoms with Crippen LogP contribution in [0.1, 0.15) is 18.6 Å². The van der Waals surface area contributed by atoms with Gasteiger partial charge in [-0.2, -0.15) is 4.98 Å². The Labute approximate surface area is 140 Å². The summed E-state index contributed by atoms with van der Waals surface area (Å²) < 4.78 is 10.8. The Kier molecular flexibility index (Phi) is 6.22. The lowest BCUT2D eigenvalue weighted by Crippen LogP contribution is -2.41. The molecule has 0 aliphatic heterocycles. The molecule has 0 amide bonds. The highest BCUT2D eigenvalue weighted by atomic mass is 35.5. The van der Waals surface area contributed by atoms with Gasteiger partial charge in [0.1, 0.15) is 11.9 Å². The molecule has 23 heavy (non-hydrogen) atoms. The molecule has 0 bridgehead atoms. The van der Waals surface area contributed by atoms with Crippen molar-refractivity contribution in [1.29, 1.82) is 0 Å². The summed E-state index contributed by atoms with van der Waals surface area (Å²) in [5.41, 5.74) is 0. The first-order valence-corrected chi connectivity index (χ1v) is 7.60. The van der Waals surface area contributed by atoms with E-state index in [1.807, 2.05) is 19.1 Å². The van der Waals surface area contributed by atoms with Crippen LogP contribution in [-0.4, -0.2) is 35.8 Å². The Morgan fingerprint density at radius 2 is 2.09 bits per heavy atom. The normalized spacial score (nSPS) is 12.8. The molecule has 1 aromatic carbocycles. The first-order valence-electron chi connectivity index (χ1n) is 7.22. The van der Waals surface area contributed by atoms with E-state index >= 15 is 0 Å². The van der Waals surface area contributed by atoms with Gasteiger partial charge in [-0.1, -0.05) is 16.8 Å². The van der Waals surface area contributed by atoms with Gasteiger partial charge in [-0.15, -0.1) is 0 Å². The third-order valence-electron chi connectivity index (χ3n) is 2.91. The van der Waals surface area contributed by atoms with E-state index in [4.69, 9.17) is 20.9 Å². The fourth-order valence-corrected chi connectivity index (χ4v) is 1.95. The van der Waals surface area contributed by atoms with E-state index in [-0.39, 0.29) is 6.10 Å². The largest absolute Gasteiger partial charge is 0.489 e. The fraction of sp³-hybridized carbons (Fsp3) is 0.400. The zero-order valence-corrected chi connectivity index (χ0v) is 14.1. The number of hydrogen-bond donors (Lipinski definition) is 2. The van der Waals surface area contributed by atoms with Crippen molar-refractivity contribution in [2.24, 2.45) is 4.99 Å². The molecule has 124 valence electrons. The maximum atomic E-state index is 5.85. The van der Waals surface area contributed by atoms with Crippen LogP contribution in [0.2, 0.25) is 5.02 Å². The van der Waals surface area contributed by atoms with Crippen molar-refractivity contribution in [3.8, 4) is 5.75 Å². The molecule has 1 atom stereocenters. The number of nitrogens with one attached hydrogen (secondary N) is 2. The third-order valence-corrected chi connectivity index (χ3v) is 3.16. The minimum atomic E-state index is -0.0413. The second-order valence-electron chi connectivity index (χ2n) is 4.92. The number of ether oxygens (including phenoxy) is 1. The lowest BCUT2D eigenvalue weighted by Gasteiger charge is -2.17. The maximum absolute atomic E-state index is 5.85. The quantitative estimate of drug-likeness (QED) is 0.620. The van der Waals surface area contributed by atoms with Gasteiger partial charge in [-0.05, 0) is 38.1 Å². The Morgan fingerprint density at radius 3 is 2.70 bits per heavy atom. The van der Waals surface area contributed by atoms with Crippen LogP contribution in [0.25, 0.3) is 0 Å². The standard InChI is InChI=1S/C15H20ClN5O2/c1-10(22-13-6-4-12(16)5-7-13)8-18-15(17-3)19-9-14-20-11(2)21-23-14/h4-7,10H,8-9H2,1-3H3,(H2,17,18,19). The van der Waals surface area contributed by atoms with E-state index in [9.17, 15) is 0 Å². The maximum Gasteiger partial charge on any atom is 0.246 e. The molecule has 2 aromatic rings. The smallest absolute Gasteiger partial charge is 0.246 e. The molecule has 0 fully saturated rings. The Balaban J connectivity index is 1.75. The van der Waals surface area contributed by atoms with Crippen LogP contribution in [-0.2, 0) is 6.54 Å². The highest BCUT2D eigenvalue weighted by Gasteiger charge is 2.07. The van der Waals surface area contributed by atoms with Gasteiger partial charge < -0.3 is 19.9 Å². The van der Waals surface area contributed by atoms with E-state index in [0.29, 0.717) is 35.8 Å². The van der Waals surface area contributed by atoms with Gasteiger partial charge >= 0.3 is 0 Å². The Bertz CT molecular complexity index is 642. The van der Waals surface area contributed by atoms with Gasteiger partial charge in [0.15, 0.2) is 11.8 Å². The molecular formula is C15H20ClN5O2. The summed E-state index contributed by atoms with van der Waals surface area (Å²) in [5, 5.41) is 10.7. The molecule has 0 radical (unpaired) electrons. The van der Waals surface area contributed by atoms with E-state index in [1.165, 1.54) is 0 Å². The average Bonchev–Trinajstić information content (AvgIpc) is 2.95. The van der Waals surface area contributed by atoms with Gasteiger partial charge in [0, 0.05) is 12.1 Å². The van der Waals surface area contributed by atoms with Crippen molar-refractivity contribution >= 4 is 17.6 Å². The topological polar surface area (TPSA) is 84.6 Å². The predicted octanol–water partition coefficient (Wildman–Crippen LogP) is 2.16. The minimum Gasteiger partial charge on any atom is -0.489 e. The summed E-state index contributed by atoms with van der Waals surface area (Å²) in [5.74, 6) is 2.52. The van der Waals surface area contributed by atoms with Crippen LogP contribution in [0.3, 0.4) is 0 Å². The number of aliphatic imine (C=N–C) groups is 1. The monoisotopic (exact) mass is 337 g/mol. The first-order chi connectivity index (χ1) is 11.1. The lowest BCUT2D eigenvalue weighted by molar-refractivity contribution is 0.224. The van der Waals surface area contributed by atoms with Crippen molar-refractivity contribution in [1.82, 2.24) is 20.8 Å². The van der Waals surface area contributed by atoms with Crippen LogP contribution in [0.5, 0.6) is 5.75 Å².